The van der Waals surface area contributed by atoms with Crippen molar-refractivity contribution in [2.24, 2.45) is 7.05 Å². The summed E-state index contributed by atoms with van der Waals surface area (Å²) in [5.74, 6) is 0. The van der Waals surface area contributed by atoms with Gasteiger partial charge in [-0.25, -0.2) is 0 Å². The molecular formula is C17H20N4O. The number of aromatic nitrogens is 3. The fourth-order valence-electron chi connectivity index (χ4n) is 3.52. The number of pyridine rings is 1. The number of likely N-dealkylation sites (tertiary alicyclic amines) is 1. The third-order valence-corrected chi connectivity index (χ3v) is 4.61. The average molecular weight is 296 g/mol. The van der Waals surface area contributed by atoms with Crippen molar-refractivity contribution in [3.05, 3.63) is 40.3 Å². The Bertz CT molecular complexity index is 887. The Balaban J connectivity index is 1.91. The normalized spacial score (nSPS) is 16.6. The molecule has 1 saturated heterocycles. The Kier molecular flexibility index (Phi) is 3.22. The second kappa shape index (κ2) is 5.25. The van der Waals surface area contributed by atoms with E-state index in [2.05, 4.69) is 15.0 Å². The van der Waals surface area contributed by atoms with Gasteiger partial charge in [0, 0.05) is 29.8 Å². The lowest BCUT2D eigenvalue weighted by atomic mass is 10.1. The van der Waals surface area contributed by atoms with Gasteiger partial charge in [0.05, 0.1) is 5.69 Å². The number of aromatic amines is 1. The zero-order valence-electron chi connectivity index (χ0n) is 12.8. The number of hydrogen-bond donors (Lipinski definition) is 1. The molecule has 0 spiro atoms. The van der Waals surface area contributed by atoms with Crippen LogP contribution in [0, 0.1) is 0 Å². The SMILES string of the molecule is Cn1nc(CN2CCCCC2)c2c3ccccc3c(=O)[nH]c21. The molecule has 114 valence electrons. The zero-order valence-corrected chi connectivity index (χ0v) is 12.8. The van der Waals surface area contributed by atoms with E-state index >= 15 is 0 Å². The minimum atomic E-state index is -0.0457. The van der Waals surface area contributed by atoms with Crippen LogP contribution in [0.25, 0.3) is 21.8 Å². The van der Waals surface area contributed by atoms with Crippen molar-refractivity contribution >= 4 is 21.8 Å². The topological polar surface area (TPSA) is 53.9 Å². The molecule has 0 unspecified atom stereocenters. The van der Waals surface area contributed by atoms with Crippen molar-refractivity contribution in [2.75, 3.05) is 13.1 Å². The van der Waals surface area contributed by atoms with Crippen molar-refractivity contribution in [3.8, 4) is 0 Å². The van der Waals surface area contributed by atoms with E-state index in [1.54, 1.807) is 4.68 Å². The molecule has 1 N–H and O–H groups in total. The molecular weight excluding hydrogens is 276 g/mol. The lowest BCUT2D eigenvalue weighted by molar-refractivity contribution is 0.219. The Hall–Kier alpha value is -2.14. The molecule has 4 rings (SSSR count). The first-order valence-corrected chi connectivity index (χ1v) is 7.93. The summed E-state index contributed by atoms with van der Waals surface area (Å²) in [7, 11) is 1.90. The first kappa shape index (κ1) is 13.5. The third-order valence-electron chi connectivity index (χ3n) is 4.61. The van der Waals surface area contributed by atoms with Crippen LogP contribution in [0.5, 0.6) is 0 Å². The third kappa shape index (κ3) is 2.13. The van der Waals surface area contributed by atoms with Gasteiger partial charge in [-0.15, -0.1) is 0 Å². The standard InChI is InChI=1S/C17H20N4O/c1-20-16-15(12-7-3-4-8-13(12)17(22)18-16)14(19-20)11-21-9-5-2-6-10-21/h3-4,7-8H,2,5-6,9-11H2,1H3,(H,18,22). The van der Waals surface area contributed by atoms with E-state index in [9.17, 15) is 4.79 Å². The lowest BCUT2D eigenvalue weighted by Crippen LogP contribution is -2.29. The van der Waals surface area contributed by atoms with Crippen molar-refractivity contribution < 1.29 is 0 Å². The highest BCUT2D eigenvalue weighted by Gasteiger charge is 2.18. The monoisotopic (exact) mass is 296 g/mol. The number of nitrogens with zero attached hydrogens (tertiary/aromatic N) is 3. The van der Waals surface area contributed by atoms with Crippen LogP contribution < -0.4 is 5.56 Å². The van der Waals surface area contributed by atoms with Crippen LogP contribution in [0.1, 0.15) is 25.0 Å². The van der Waals surface area contributed by atoms with E-state index in [1.165, 1.54) is 19.3 Å². The van der Waals surface area contributed by atoms with E-state index in [4.69, 9.17) is 0 Å². The van der Waals surface area contributed by atoms with Crippen LogP contribution in [-0.4, -0.2) is 32.8 Å². The zero-order chi connectivity index (χ0) is 15.1. The van der Waals surface area contributed by atoms with Gasteiger partial charge < -0.3 is 4.98 Å². The Labute approximate surface area is 128 Å². The van der Waals surface area contributed by atoms with E-state index in [0.29, 0.717) is 0 Å². The second-order valence-corrected chi connectivity index (χ2v) is 6.13. The maximum Gasteiger partial charge on any atom is 0.257 e. The summed E-state index contributed by atoms with van der Waals surface area (Å²) < 4.78 is 1.79. The molecule has 2 aromatic heterocycles. The highest BCUT2D eigenvalue weighted by atomic mass is 16.1. The number of nitrogens with one attached hydrogen (secondary N) is 1. The Morgan fingerprint density at radius 2 is 1.86 bits per heavy atom. The smallest absolute Gasteiger partial charge is 0.257 e. The number of aryl methyl sites for hydroxylation is 1. The molecule has 1 aliphatic heterocycles. The number of benzene rings is 1. The van der Waals surface area contributed by atoms with Crippen LogP contribution in [0.4, 0.5) is 0 Å². The van der Waals surface area contributed by atoms with E-state index in [0.717, 1.165) is 47.1 Å². The minimum absolute atomic E-state index is 0.0457. The maximum absolute atomic E-state index is 12.2. The summed E-state index contributed by atoms with van der Waals surface area (Å²) in [6, 6.07) is 7.79. The molecule has 1 aromatic carbocycles. The number of fused-ring (bicyclic) bond motifs is 3. The van der Waals surface area contributed by atoms with Gasteiger partial charge in [-0.3, -0.25) is 14.4 Å². The predicted molar refractivity (Wildman–Crippen MR) is 88.0 cm³/mol. The molecule has 0 saturated carbocycles. The molecule has 0 atom stereocenters. The van der Waals surface area contributed by atoms with Crippen molar-refractivity contribution in [3.63, 3.8) is 0 Å². The number of rotatable bonds is 2. The summed E-state index contributed by atoms with van der Waals surface area (Å²) >= 11 is 0. The van der Waals surface area contributed by atoms with Gasteiger partial charge in [0.2, 0.25) is 0 Å². The summed E-state index contributed by atoms with van der Waals surface area (Å²) in [6.45, 7) is 3.13. The Morgan fingerprint density at radius 1 is 1.14 bits per heavy atom. The molecule has 1 aliphatic rings. The molecule has 5 heteroatoms. The molecule has 0 amide bonds. The highest BCUT2D eigenvalue weighted by molar-refractivity contribution is 6.05. The molecule has 0 radical (unpaired) electrons. The summed E-state index contributed by atoms with van der Waals surface area (Å²) in [6.07, 6.45) is 3.86. The van der Waals surface area contributed by atoms with Crippen molar-refractivity contribution in [2.45, 2.75) is 25.8 Å². The van der Waals surface area contributed by atoms with Gasteiger partial charge in [-0.05, 0) is 32.0 Å². The Morgan fingerprint density at radius 3 is 2.64 bits per heavy atom. The van der Waals surface area contributed by atoms with Crippen LogP contribution in [0.15, 0.2) is 29.1 Å². The summed E-state index contributed by atoms with van der Waals surface area (Å²) in [4.78, 5) is 17.7. The quantitative estimate of drug-likeness (QED) is 0.790. The van der Waals surface area contributed by atoms with Gasteiger partial charge in [-0.2, -0.15) is 5.10 Å². The van der Waals surface area contributed by atoms with Crippen molar-refractivity contribution in [1.29, 1.82) is 0 Å². The van der Waals surface area contributed by atoms with E-state index in [-0.39, 0.29) is 5.56 Å². The second-order valence-electron chi connectivity index (χ2n) is 6.13. The molecule has 3 heterocycles. The van der Waals surface area contributed by atoms with Crippen LogP contribution in [-0.2, 0) is 13.6 Å². The van der Waals surface area contributed by atoms with E-state index in [1.807, 2.05) is 31.3 Å². The maximum atomic E-state index is 12.2. The number of piperidine rings is 1. The van der Waals surface area contributed by atoms with Crippen molar-refractivity contribution in [1.82, 2.24) is 19.7 Å². The lowest BCUT2D eigenvalue weighted by Gasteiger charge is -2.25. The molecule has 5 nitrogen and oxygen atoms in total. The van der Waals surface area contributed by atoms with Crippen LogP contribution in [0.2, 0.25) is 0 Å². The molecule has 3 aromatic rings. The van der Waals surface area contributed by atoms with Gasteiger partial charge in [0.15, 0.2) is 0 Å². The largest absolute Gasteiger partial charge is 0.306 e. The first-order chi connectivity index (χ1) is 10.7. The fourth-order valence-corrected chi connectivity index (χ4v) is 3.52. The predicted octanol–water partition coefficient (Wildman–Crippen LogP) is 2.40. The molecule has 0 bridgehead atoms. The van der Waals surface area contributed by atoms with Crippen LogP contribution >= 0.6 is 0 Å². The fraction of sp³-hybridized carbons (Fsp3) is 0.412. The van der Waals surface area contributed by atoms with Crippen LogP contribution in [0.3, 0.4) is 0 Å². The highest BCUT2D eigenvalue weighted by Crippen LogP contribution is 2.25. The number of H-pyrrole nitrogens is 1. The summed E-state index contributed by atoms with van der Waals surface area (Å²) in [5.41, 5.74) is 1.83. The summed E-state index contributed by atoms with van der Waals surface area (Å²) in [5, 5.41) is 7.51. The first-order valence-electron chi connectivity index (χ1n) is 7.93. The van der Waals surface area contributed by atoms with Gasteiger partial charge >= 0.3 is 0 Å². The average Bonchev–Trinajstić information content (AvgIpc) is 2.85. The van der Waals surface area contributed by atoms with Gasteiger partial charge in [0.25, 0.3) is 5.56 Å². The number of hydrogen-bond acceptors (Lipinski definition) is 3. The van der Waals surface area contributed by atoms with E-state index < -0.39 is 0 Å². The van der Waals surface area contributed by atoms with Gasteiger partial charge in [0.1, 0.15) is 5.65 Å². The molecule has 22 heavy (non-hydrogen) atoms. The van der Waals surface area contributed by atoms with Gasteiger partial charge in [-0.1, -0.05) is 24.6 Å². The minimum Gasteiger partial charge on any atom is -0.306 e. The molecule has 1 fully saturated rings. The molecule has 0 aliphatic carbocycles.